The molecule has 0 aromatic carbocycles. The molecule has 0 aromatic rings. The van der Waals surface area contributed by atoms with Gasteiger partial charge in [-0.05, 0) is 37.5 Å². The van der Waals surface area contributed by atoms with Gasteiger partial charge in [-0.2, -0.15) is 26.3 Å². The van der Waals surface area contributed by atoms with Crippen LogP contribution >= 0.6 is 0 Å². The molecule has 124 valence electrons. The molecule has 0 saturated heterocycles. The molecule has 21 heavy (non-hydrogen) atoms. The summed E-state index contributed by atoms with van der Waals surface area (Å²) in [4.78, 5) is 19.8. The number of hydrogen-bond acceptors (Lipinski definition) is 4. The second kappa shape index (κ2) is 9.57. The average Bonchev–Trinajstić information content (AvgIpc) is 2.13. The summed E-state index contributed by atoms with van der Waals surface area (Å²) in [5.74, 6) is -6.02. The Morgan fingerprint density at radius 1 is 0.762 bits per heavy atom. The molecule has 0 bridgehead atoms. The second-order valence-corrected chi connectivity index (χ2v) is 3.23. The van der Waals surface area contributed by atoms with Crippen LogP contribution < -0.4 is 10.2 Å². The molecule has 0 amide bonds. The average molecular weight is 413 g/mol. The summed E-state index contributed by atoms with van der Waals surface area (Å²) in [7, 11) is 0. The normalized spacial score (nSPS) is 12.8. The third-order valence-corrected chi connectivity index (χ3v) is 1.23. The van der Waals surface area contributed by atoms with E-state index in [1.54, 1.807) is 0 Å². The zero-order chi connectivity index (χ0) is 16.7. The number of alkyl halides is 6. The van der Waals surface area contributed by atoms with Crippen molar-refractivity contribution in [1.82, 2.24) is 0 Å². The largest absolute Gasteiger partial charge is 2.00 e. The van der Waals surface area contributed by atoms with Gasteiger partial charge in [0.25, 0.3) is 0 Å². The quantitative estimate of drug-likeness (QED) is 0.290. The van der Waals surface area contributed by atoms with Crippen molar-refractivity contribution < 1.29 is 66.6 Å². The molecular weight excluding hydrogens is 405 g/mol. The molecule has 0 aliphatic rings. The van der Waals surface area contributed by atoms with Crippen LogP contribution in [0.1, 0.15) is 13.8 Å². The number of rotatable bonds is 2. The Kier molecular flexibility index (Phi) is 11.2. The molecule has 0 saturated carbocycles. The third kappa shape index (κ3) is 14.9. The summed E-state index contributed by atoms with van der Waals surface area (Å²) < 4.78 is 67.7. The van der Waals surface area contributed by atoms with E-state index >= 15 is 0 Å². The van der Waals surface area contributed by atoms with Crippen molar-refractivity contribution in [1.29, 1.82) is 0 Å². The molecule has 4 nitrogen and oxygen atoms in total. The zero-order valence-electron chi connectivity index (χ0n) is 10.4. The molecule has 0 radical (unpaired) electrons. The number of carbonyl (C=O) groups excluding carboxylic acids is 2. The van der Waals surface area contributed by atoms with Crippen LogP contribution in [0, 0.1) is 0 Å². The maximum absolute atomic E-state index is 11.3. The monoisotopic (exact) mass is 412 g/mol. The third-order valence-electron chi connectivity index (χ3n) is 1.23. The Labute approximate surface area is 128 Å². The SMILES string of the molecule is CC(=O)/C=C(\[O-])C(F)(F)F.CC(=O)/C=C(\[O-])C(F)(F)F.[Pd+2]. The van der Waals surface area contributed by atoms with Gasteiger partial charge >= 0.3 is 32.8 Å². The second-order valence-electron chi connectivity index (χ2n) is 3.23. The van der Waals surface area contributed by atoms with Gasteiger partial charge in [0, 0.05) is 0 Å². The smallest absolute Gasteiger partial charge is 0.869 e. The van der Waals surface area contributed by atoms with Crippen molar-refractivity contribution in [3.8, 4) is 0 Å². The number of hydrogen-bond donors (Lipinski definition) is 0. The molecule has 0 fully saturated rings. The van der Waals surface area contributed by atoms with Crippen molar-refractivity contribution in [2.24, 2.45) is 0 Å². The first kappa shape index (κ1) is 24.7. The Morgan fingerprint density at radius 2 is 0.952 bits per heavy atom. The Hall–Kier alpha value is -1.34. The van der Waals surface area contributed by atoms with E-state index in [2.05, 4.69) is 0 Å². The van der Waals surface area contributed by atoms with Gasteiger partial charge in [-0.15, -0.1) is 0 Å². The minimum absolute atomic E-state index is 0. The van der Waals surface area contributed by atoms with Gasteiger partial charge in [-0.25, -0.2) is 0 Å². The van der Waals surface area contributed by atoms with Crippen molar-refractivity contribution in [3.63, 3.8) is 0 Å². The van der Waals surface area contributed by atoms with Crippen LogP contribution in [-0.2, 0) is 30.0 Å². The number of allylic oxidation sites excluding steroid dienone is 4. The van der Waals surface area contributed by atoms with Gasteiger partial charge in [0.2, 0.25) is 0 Å². The Morgan fingerprint density at radius 3 is 1.00 bits per heavy atom. The molecule has 0 atom stereocenters. The molecule has 0 aromatic heterocycles. The minimum Gasteiger partial charge on any atom is -0.869 e. The molecular formula is C10H8F6O4Pd. The Bertz CT molecular complexity index is 382. The van der Waals surface area contributed by atoms with E-state index in [4.69, 9.17) is 0 Å². The van der Waals surface area contributed by atoms with Crippen LogP contribution in [0.5, 0.6) is 0 Å². The fourth-order valence-corrected chi connectivity index (χ4v) is 0.533. The Balaban J connectivity index is -0.000000295. The van der Waals surface area contributed by atoms with Gasteiger partial charge in [-0.3, -0.25) is 9.59 Å². The van der Waals surface area contributed by atoms with Crippen LogP contribution in [0.15, 0.2) is 23.7 Å². The first-order valence-corrected chi connectivity index (χ1v) is 4.61. The molecule has 11 heteroatoms. The number of halogens is 6. The van der Waals surface area contributed by atoms with Gasteiger partial charge in [0.05, 0.1) is 0 Å². The van der Waals surface area contributed by atoms with Gasteiger partial charge in [0.15, 0.2) is 11.6 Å². The number of ketones is 2. The van der Waals surface area contributed by atoms with Crippen LogP contribution in [0.25, 0.3) is 0 Å². The van der Waals surface area contributed by atoms with E-state index in [9.17, 15) is 46.1 Å². The van der Waals surface area contributed by atoms with E-state index in [1.807, 2.05) is 0 Å². The van der Waals surface area contributed by atoms with Gasteiger partial charge in [0.1, 0.15) is 0 Å². The fourth-order valence-electron chi connectivity index (χ4n) is 0.533. The first-order valence-electron chi connectivity index (χ1n) is 4.61. The predicted molar refractivity (Wildman–Crippen MR) is 49.6 cm³/mol. The molecule has 0 aliphatic carbocycles. The molecule has 0 N–H and O–H groups in total. The number of carbonyl (C=O) groups is 2. The summed E-state index contributed by atoms with van der Waals surface area (Å²) in [6, 6.07) is 0. The van der Waals surface area contributed by atoms with E-state index in [-0.39, 0.29) is 32.6 Å². The zero-order valence-corrected chi connectivity index (χ0v) is 11.9. The van der Waals surface area contributed by atoms with Crippen LogP contribution in [-0.4, -0.2) is 23.9 Å². The molecule has 0 unspecified atom stereocenters. The fraction of sp³-hybridized carbons (Fsp3) is 0.400. The van der Waals surface area contributed by atoms with Crippen molar-refractivity contribution in [2.75, 3.05) is 0 Å². The maximum atomic E-state index is 11.3. The van der Waals surface area contributed by atoms with Gasteiger partial charge in [-0.1, -0.05) is 0 Å². The van der Waals surface area contributed by atoms with Crippen molar-refractivity contribution in [2.45, 2.75) is 26.2 Å². The van der Waals surface area contributed by atoms with Crippen LogP contribution in [0.3, 0.4) is 0 Å². The predicted octanol–water partition coefficient (Wildman–Crippen LogP) is 0.761. The van der Waals surface area contributed by atoms with Crippen molar-refractivity contribution in [3.05, 3.63) is 23.7 Å². The molecule has 0 aliphatic heterocycles. The summed E-state index contributed by atoms with van der Waals surface area (Å²) in [6.07, 6.45) is -9.82. The molecule has 0 rings (SSSR count). The van der Waals surface area contributed by atoms with E-state index in [0.29, 0.717) is 0 Å². The van der Waals surface area contributed by atoms with Crippen LogP contribution in [0.2, 0.25) is 0 Å². The van der Waals surface area contributed by atoms with Crippen LogP contribution in [0.4, 0.5) is 26.3 Å². The molecule has 0 heterocycles. The van der Waals surface area contributed by atoms with E-state index in [0.717, 1.165) is 13.8 Å². The van der Waals surface area contributed by atoms with E-state index < -0.39 is 35.4 Å². The maximum Gasteiger partial charge on any atom is 2.00 e. The summed E-state index contributed by atoms with van der Waals surface area (Å²) in [5.41, 5.74) is 0. The first-order chi connectivity index (χ1) is 8.67. The van der Waals surface area contributed by atoms with Gasteiger partial charge < -0.3 is 10.2 Å². The minimum atomic E-state index is -4.92. The van der Waals surface area contributed by atoms with E-state index in [1.165, 1.54) is 0 Å². The summed E-state index contributed by atoms with van der Waals surface area (Å²) >= 11 is 0. The summed E-state index contributed by atoms with van der Waals surface area (Å²) in [5, 5.41) is 19.7. The molecule has 0 spiro atoms. The van der Waals surface area contributed by atoms with Crippen molar-refractivity contribution >= 4 is 11.6 Å². The topological polar surface area (TPSA) is 80.3 Å². The standard InChI is InChI=1S/2C5H5F3O2.Pd/c2*1-3(9)2-4(10)5(6,7)8;/h2*2,10H,1H3;/q;;+2/p-2/b2*4-2-;. The summed E-state index contributed by atoms with van der Waals surface area (Å²) in [6.45, 7) is 1.76.